The molecule has 1 fully saturated rings. The number of urea groups is 1. The number of aryl methyl sites for hydroxylation is 1. The molecule has 1 aromatic carbocycles. The summed E-state index contributed by atoms with van der Waals surface area (Å²) in [5, 5.41) is 6.37. The average Bonchev–Trinajstić information content (AvgIpc) is 2.95. The third kappa shape index (κ3) is 3.41. The van der Waals surface area contributed by atoms with Gasteiger partial charge in [-0.2, -0.15) is 0 Å². The zero-order valence-corrected chi connectivity index (χ0v) is 12.6. The highest BCUT2D eigenvalue weighted by Crippen LogP contribution is 2.20. The molecule has 1 aliphatic heterocycles. The lowest BCUT2D eigenvalue weighted by Gasteiger charge is -2.35. The number of halogens is 2. The molecule has 1 aliphatic rings. The minimum atomic E-state index is -0.871. The standard InChI is InChI=1S/C15H16F2N4O2/c1-10-8-14(19-23-10)18-15(22)21-6-4-20(5-7-21)11-2-3-12(16)13(17)9-11/h2-3,8-9H,4-7H2,1H3,(H,18,19,22). The lowest BCUT2D eigenvalue weighted by Crippen LogP contribution is -2.50. The molecule has 3 rings (SSSR count). The van der Waals surface area contributed by atoms with E-state index < -0.39 is 11.6 Å². The van der Waals surface area contributed by atoms with Crippen LogP contribution in [0.4, 0.5) is 25.1 Å². The quantitative estimate of drug-likeness (QED) is 0.923. The van der Waals surface area contributed by atoms with Gasteiger partial charge in [-0.15, -0.1) is 0 Å². The number of nitrogens with one attached hydrogen (secondary N) is 1. The van der Waals surface area contributed by atoms with Crippen molar-refractivity contribution in [3.05, 3.63) is 41.7 Å². The molecule has 122 valence electrons. The fraction of sp³-hybridized carbons (Fsp3) is 0.333. The Kier molecular flexibility index (Phi) is 4.14. The smallest absolute Gasteiger partial charge is 0.323 e. The number of anilines is 2. The topological polar surface area (TPSA) is 61.6 Å². The van der Waals surface area contributed by atoms with Crippen LogP contribution in [0.1, 0.15) is 5.76 Å². The largest absolute Gasteiger partial charge is 0.368 e. The highest BCUT2D eigenvalue weighted by atomic mass is 19.2. The Morgan fingerprint density at radius 2 is 1.91 bits per heavy atom. The monoisotopic (exact) mass is 322 g/mol. The van der Waals surface area contributed by atoms with Gasteiger partial charge in [0.15, 0.2) is 17.5 Å². The van der Waals surface area contributed by atoms with E-state index in [1.54, 1.807) is 17.9 Å². The average molecular weight is 322 g/mol. The second-order valence-corrected chi connectivity index (χ2v) is 5.33. The number of amides is 2. The van der Waals surface area contributed by atoms with E-state index in [2.05, 4.69) is 10.5 Å². The van der Waals surface area contributed by atoms with Crippen molar-refractivity contribution in [3.63, 3.8) is 0 Å². The van der Waals surface area contributed by atoms with Crippen molar-refractivity contribution < 1.29 is 18.1 Å². The Bertz CT molecular complexity index is 711. The van der Waals surface area contributed by atoms with Crippen LogP contribution in [0.2, 0.25) is 0 Å². The van der Waals surface area contributed by atoms with E-state index in [4.69, 9.17) is 4.52 Å². The summed E-state index contributed by atoms with van der Waals surface area (Å²) in [5.74, 6) is -0.752. The molecule has 0 atom stereocenters. The lowest BCUT2D eigenvalue weighted by atomic mass is 10.2. The molecule has 1 saturated heterocycles. The maximum absolute atomic E-state index is 13.3. The Hall–Kier alpha value is -2.64. The predicted molar refractivity (Wildman–Crippen MR) is 80.4 cm³/mol. The SMILES string of the molecule is Cc1cc(NC(=O)N2CCN(c3ccc(F)c(F)c3)CC2)no1. The molecule has 1 aromatic heterocycles. The van der Waals surface area contributed by atoms with Crippen molar-refractivity contribution >= 4 is 17.5 Å². The van der Waals surface area contributed by atoms with Crippen molar-refractivity contribution in [1.82, 2.24) is 10.1 Å². The first-order valence-electron chi connectivity index (χ1n) is 7.22. The molecule has 0 spiro atoms. The van der Waals surface area contributed by atoms with Gasteiger partial charge in [0, 0.05) is 44.0 Å². The van der Waals surface area contributed by atoms with Gasteiger partial charge in [-0.05, 0) is 19.1 Å². The third-order valence-electron chi connectivity index (χ3n) is 3.70. The molecule has 2 aromatic rings. The lowest BCUT2D eigenvalue weighted by molar-refractivity contribution is 0.208. The second-order valence-electron chi connectivity index (χ2n) is 5.33. The molecular formula is C15H16F2N4O2. The number of rotatable bonds is 2. The first-order valence-corrected chi connectivity index (χ1v) is 7.22. The number of piperazine rings is 1. The number of nitrogens with zero attached hydrogens (tertiary/aromatic N) is 3. The fourth-order valence-electron chi connectivity index (χ4n) is 2.46. The van der Waals surface area contributed by atoms with Crippen molar-refractivity contribution in [2.75, 3.05) is 36.4 Å². The Morgan fingerprint density at radius 3 is 2.52 bits per heavy atom. The van der Waals surface area contributed by atoms with Crippen molar-refractivity contribution in [3.8, 4) is 0 Å². The maximum atomic E-state index is 13.3. The summed E-state index contributed by atoms with van der Waals surface area (Å²) in [4.78, 5) is 15.7. The number of aromatic nitrogens is 1. The van der Waals surface area contributed by atoms with Gasteiger partial charge >= 0.3 is 6.03 Å². The van der Waals surface area contributed by atoms with Crippen LogP contribution in [0.3, 0.4) is 0 Å². The highest BCUT2D eigenvalue weighted by Gasteiger charge is 2.22. The number of benzene rings is 1. The summed E-state index contributed by atoms with van der Waals surface area (Å²) in [6.07, 6.45) is 0. The van der Waals surface area contributed by atoms with E-state index in [-0.39, 0.29) is 6.03 Å². The van der Waals surface area contributed by atoms with Crippen LogP contribution in [0.15, 0.2) is 28.8 Å². The number of hydrogen-bond acceptors (Lipinski definition) is 4. The van der Waals surface area contributed by atoms with E-state index in [0.717, 1.165) is 6.07 Å². The molecular weight excluding hydrogens is 306 g/mol. The van der Waals surface area contributed by atoms with Gasteiger partial charge in [-0.3, -0.25) is 5.32 Å². The Labute approximate surface area is 131 Å². The first-order chi connectivity index (χ1) is 11.0. The van der Waals surface area contributed by atoms with Gasteiger partial charge in [0.2, 0.25) is 0 Å². The molecule has 0 aliphatic carbocycles. The second kappa shape index (κ2) is 6.23. The first kappa shape index (κ1) is 15.3. The number of carbonyl (C=O) groups excluding carboxylic acids is 1. The van der Waals surface area contributed by atoms with E-state index >= 15 is 0 Å². The molecule has 0 unspecified atom stereocenters. The molecule has 1 N–H and O–H groups in total. The van der Waals surface area contributed by atoms with Crippen LogP contribution in [-0.2, 0) is 0 Å². The van der Waals surface area contributed by atoms with E-state index in [0.29, 0.717) is 43.4 Å². The van der Waals surface area contributed by atoms with Crippen LogP contribution in [0.5, 0.6) is 0 Å². The van der Waals surface area contributed by atoms with Crippen LogP contribution in [0, 0.1) is 18.6 Å². The summed E-state index contributed by atoms with van der Waals surface area (Å²) in [5.41, 5.74) is 0.607. The zero-order valence-electron chi connectivity index (χ0n) is 12.6. The summed E-state index contributed by atoms with van der Waals surface area (Å²) >= 11 is 0. The van der Waals surface area contributed by atoms with Crippen molar-refractivity contribution in [2.24, 2.45) is 0 Å². The van der Waals surface area contributed by atoms with Gasteiger partial charge in [0.1, 0.15) is 5.76 Å². The molecule has 6 nitrogen and oxygen atoms in total. The van der Waals surface area contributed by atoms with E-state index in [9.17, 15) is 13.6 Å². The summed E-state index contributed by atoms with van der Waals surface area (Å²) in [7, 11) is 0. The minimum Gasteiger partial charge on any atom is -0.368 e. The van der Waals surface area contributed by atoms with Crippen molar-refractivity contribution in [2.45, 2.75) is 6.92 Å². The van der Waals surface area contributed by atoms with E-state index in [1.807, 2.05) is 4.90 Å². The van der Waals surface area contributed by atoms with Crippen LogP contribution in [-0.4, -0.2) is 42.3 Å². The number of hydrogen-bond donors (Lipinski definition) is 1. The van der Waals surface area contributed by atoms with Gasteiger partial charge in [0.25, 0.3) is 0 Å². The molecule has 0 bridgehead atoms. The van der Waals surface area contributed by atoms with Crippen LogP contribution < -0.4 is 10.2 Å². The van der Waals surface area contributed by atoms with Gasteiger partial charge in [-0.1, -0.05) is 5.16 Å². The van der Waals surface area contributed by atoms with Gasteiger partial charge < -0.3 is 14.3 Å². The summed E-state index contributed by atoms with van der Waals surface area (Å²) in [6.45, 7) is 3.76. The molecule has 2 amide bonds. The Balaban J connectivity index is 1.57. The fourth-order valence-corrected chi connectivity index (χ4v) is 2.46. The highest BCUT2D eigenvalue weighted by molar-refractivity contribution is 5.88. The predicted octanol–water partition coefficient (Wildman–Crippen LogP) is 2.62. The molecule has 0 radical (unpaired) electrons. The zero-order chi connectivity index (χ0) is 16.4. The number of carbonyl (C=O) groups is 1. The molecule has 8 heteroatoms. The Morgan fingerprint density at radius 1 is 1.17 bits per heavy atom. The molecule has 2 heterocycles. The van der Waals surface area contributed by atoms with Crippen molar-refractivity contribution in [1.29, 1.82) is 0 Å². The molecule has 0 saturated carbocycles. The van der Waals surface area contributed by atoms with Gasteiger partial charge in [0.05, 0.1) is 0 Å². The summed E-state index contributed by atoms with van der Waals surface area (Å²) < 4.78 is 31.2. The van der Waals surface area contributed by atoms with Crippen LogP contribution >= 0.6 is 0 Å². The molecule has 23 heavy (non-hydrogen) atoms. The third-order valence-corrected chi connectivity index (χ3v) is 3.70. The van der Waals surface area contributed by atoms with Gasteiger partial charge in [-0.25, -0.2) is 13.6 Å². The minimum absolute atomic E-state index is 0.261. The summed E-state index contributed by atoms with van der Waals surface area (Å²) in [6, 6.07) is 5.19. The maximum Gasteiger partial charge on any atom is 0.323 e. The van der Waals surface area contributed by atoms with Crippen LogP contribution in [0.25, 0.3) is 0 Å². The van der Waals surface area contributed by atoms with E-state index in [1.165, 1.54) is 12.1 Å². The normalized spacial score (nSPS) is 14.9.